The van der Waals surface area contributed by atoms with Crippen molar-refractivity contribution in [2.75, 3.05) is 12.4 Å². The van der Waals surface area contributed by atoms with Crippen molar-refractivity contribution >= 4 is 23.1 Å². The summed E-state index contributed by atoms with van der Waals surface area (Å²) in [6.45, 7) is 0.520. The predicted molar refractivity (Wildman–Crippen MR) is 73.0 cm³/mol. The van der Waals surface area contributed by atoms with E-state index in [-0.39, 0.29) is 5.82 Å². The van der Waals surface area contributed by atoms with E-state index in [1.807, 2.05) is 18.3 Å². The summed E-state index contributed by atoms with van der Waals surface area (Å²) in [4.78, 5) is 0. The lowest BCUT2D eigenvalue weighted by molar-refractivity contribution is 0.619. The van der Waals surface area contributed by atoms with Crippen molar-refractivity contribution < 1.29 is 4.39 Å². The topological polar surface area (TPSA) is 41.9 Å². The molecule has 0 aliphatic carbocycles. The molecule has 1 aromatic carbocycles. The molecule has 0 aliphatic rings. The summed E-state index contributed by atoms with van der Waals surface area (Å²) in [5.74, 6) is 0.417. The molecule has 2 N–H and O–H groups in total. The van der Waals surface area contributed by atoms with Crippen LogP contribution in [0.3, 0.4) is 0 Å². The maximum Gasteiger partial charge on any atom is 0.171 e. The first-order valence-corrected chi connectivity index (χ1v) is 5.85. The molecular formula is C12H13FN4S. The van der Waals surface area contributed by atoms with E-state index in [4.69, 9.17) is 12.2 Å². The zero-order valence-electron chi connectivity index (χ0n) is 9.85. The zero-order chi connectivity index (χ0) is 13.0. The largest absolute Gasteiger partial charge is 0.365 e. The second kappa shape index (κ2) is 5.59. The third-order valence-electron chi connectivity index (χ3n) is 2.34. The van der Waals surface area contributed by atoms with Gasteiger partial charge in [0.2, 0.25) is 0 Å². The predicted octanol–water partition coefficient (Wildman–Crippen LogP) is 1.99. The highest BCUT2D eigenvalue weighted by molar-refractivity contribution is 7.80. The summed E-state index contributed by atoms with van der Waals surface area (Å²) >= 11 is 4.97. The number of aromatic nitrogens is 2. The van der Waals surface area contributed by atoms with Crippen LogP contribution in [0.25, 0.3) is 0 Å². The minimum atomic E-state index is -0.241. The Hall–Kier alpha value is -1.95. The van der Waals surface area contributed by atoms with Crippen molar-refractivity contribution in [3.63, 3.8) is 0 Å². The van der Waals surface area contributed by atoms with E-state index in [0.29, 0.717) is 17.5 Å². The molecule has 0 saturated carbocycles. The van der Waals surface area contributed by atoms with Gasteiger partial charge in [-0.1, -0.05) is 12.1 Å². The summed E-state index contributed by atoms with van der Waals surface area (Å²) in [5, 5.41) is 10.5. The molecule has 0 radical (unpaired) electrons. The number of anilines is 1. The molecule has 1 aromatic heterocycles. The van der Waals surface area contributed by atoms with E-state index in [1.165, 1.54) is 12.1 Å². The molecule has 0 saturated heterocycles. The number of thiocarbonyl (C=S) groups is 1. The van der Waals surface area contributed by atoms with Gasteiger partial charge in [0, 0.05) is 19.3 Å². The Bertz CT molecular complexity index is 553. The third-order valence-corrected chi connectivity index (χ3v) is 2.65. The lowest BCUT2D eigenvalue weighted by atomic mass is 10.2. The third kappa shape index (κ3) is 3.27. The molecule has 2 aromatic rings. The Labute approximate surface area is 110 Å². The SMILES string of the molecule is CNC(=S)Nc1ccn(Cc2cccc(F)c2)n1. The van der Waals surface area contributed by atoms with Crippen molar-refractivity contribution in [3.8, 4) is 0 Å². The van der Waals surface area contributed by atoms with Crippen molar-refractivity contribution in [3.05, 3.63) is 47.9 Å². The van der Waals surface area contributed by atoms with E-state index in [1.54, 1.807) is 17.8 Å². The van der Waals surface area contributed by atoms with Gasteiger partial charge in [-0.2, -0.15) is 5.10 Å². The Morgan fingerprint density at radius 2 is 2.28 bits per heavy atom. The quantitative estimate of drug-likeness (QED) is 0.832. The molecule has 0 bridgehead atoms. The lowest BCUT2D eigenvalue weighted by Crippen LogP contribution is -2.24. The smallest absolute Gasteiger partial charge is 0.171 e. The van der Waals surface area contributed by atoms with Gasteiger partial charge in [-0.25, -0.2) is 4.39 Å². The molecule has 1 heterocycles. The average Bonchev–Trinajstić information content (AvgIpc) is 2.76. The number of nitrogens with zero attached hydrogens (tertiary/aromatic N) is 2. The summed E-state index contributed by atoms with van der Waals surface area (Å²) in [5.41, 5.74) is 0.862. The molecule has 4 nitrogen and oxygen atoms in total. The van der Waals surface area contributed by atoms with Gasteiger partial charge in [-0.05, 0) is 29.9 Å². The fourth-order valence-corrected chi connectivity index (χ4v) is 1.62. The molecule has 0 unspecified atom stereocenters. The summed E-state index contributed by atoms with van der Waals surface area (Å²) in [7, 11) is 1.74. The summed E-state index contributed by atoms with van der Waals surface area (Å²) in [6.07, 6.45) is 1.81. The van der Waals surface area contributed by atoms with Gasteiger partial charge in [-0.15, -0.1) is 0 Å². The van der Waals surface area contributed by atoms with Gasteiger partial charge < -0.3 is 10.6 Å². The molecule has 94 valence electrons. The van der Waals surface area contributed by atoms with Crippen LogP contribution < -0.4 is 10.6 Å². The van der Waals surface area contributed by atoms with E-state index < -0.39 is 0 Å². The Kier molecular flexibility index (Phi) is 3.88. The molecule has 0 amide bonds. The second-order valence-corrected chi connectivity index (χ2v) is 4.14. The number of halogens is 1. The van der Waals surface area contributed by atoms with Crippen molar-refractivity contribution in [1.82, 2.24) is 15.1 Å². The van der Waals surface area contributed by atoms with Crippen LogP contribution >= 0.6 is 12.2 Å². The summed E-state index contributed by atoms with van der Waals surface area (Å²) < 4.78 is 14.7. The highest BCUT2D eigenvalue weighted by atomic mass is 32.1. The van der Waals surface area contributed by atoms with Crippen molar-refractivity contribution in [1.29, 1.82) is 0 Å². The Morgan fingerprint density at radius 1 is 1.44 bits per heavy atom. The van der Waals surface area contributed by atoms with E-state index in [0.717, 1.165) is 5.56 Å². The summed E-state index contributed by atoms with van der Waals surface area (Å²) in [6, 6.07) is 8.26. The number of nitrogens with one attached hydrogen (secondary N) is 2. The molecule has 0 aliphatic heterocycles. The molecule has 0 atom stereocenters. The van der Waals surface area contributed by atoms with E-state index >= 15 is 0 Å². The molecule has 2 rings (SSSR count). The monoisotopic (exact) mass is 264 g/mol. The average molecular weight is 264 g/mol. The van der Waals surface area contributed by atoms with Gasteiger partial charge in [0.25, 0.3) is 0 Å². The van der Waals surface area contributed by atoms with Gasteiger partial charge in [0.1, 0.15) is 5.82 Å². The fourth-order valence-electron chi connectivity index (χ4n) is 1.52. The van der Waals surface area contributed by atoms with Crippen LogP contribution in [0.1, 0.15) is 5.56 Å². The lowest BCUT2D eigenvalue weighted by Gasteiger charge is -2.04. The number of hydrogen-bond donors (Lipinski definition) is 2. The Morgan fingerprint density at radius 3 is 3.00 bits per heavy atom. The standard InChI is InChI=1S/C12H13FN4S/c1-14-12(18)15-11-5-6-17(16-11)8-9-3-2-4-10(13)7-9/h2-7H,8H2,1H3,(H2,14,15,16,18). The number of benzene rings is 1. The van der Waals surface area contributed by atoms with Gasteiger partial charge in [-0.3, -0.25) is 4.68 Å². The van der Waals surface area contributed by atoms with Crippen LogP contribution in [0.5, 0.6) is 0 Å². The first kappa shape index (κ1) is 12.5. The van der Waals surface area contributed by atoms with Crippen molar-refractivity contribution in [2.24, 2.45) is 0 Å². The minimum absolute atomic E-state index is 0.241. The molecular weight excluding hydrogens is 251 g/mol. The Balaban J connectivity index is 2.04. The van der Waals surface area contributed by atoms with Gasteiger partial charge >= 0.3 is 0 Å². The zero-order valence-corrected chi connectivity index (χ0v) is 10.7. The normalized spacial score (nSPS) is 10.1. The number of rotatable bonds is 3. The first-order chi connectivity index (χ1) is 8.67. The highest BCUT2D eigenvalue weighted by Crippen LogP contribution is 2.08. The van der Waals surface area contributed by atoms with E-state index in [9.17, 15) is 4.39 Å². The minimum Gasteiger partial charge on any atom is -0.365 e. The molecule has 0 spiro atoms. The molecule has 18 heavy (non-hydrogen) atoms. The first-order valence-electron chi connectivity index (χ1n) is 5.44. The highest BCUT2D eigenvalue weighted by Gasteiger charge is 2.01. The van der Waals surface area contributed by atoms with Crippen LogP contribution in [0.2, 0.25) is 0 Å². The van der Waals surface area contributed by atoms with Crippen LogP contribution in [-0.4, -0.2) is 21.9 Å². The maximum atomic E-state index is 13.0. The molecule has 0 fully saturated rings. The van der Waals surface area contributed by atoms with Crippen LogP contribution in [0, 0.1) is 5.82 Å². The number of hydrogen-bond acceptors (Lipinski definition) is 2. The fraction of sp³-hybridized carbons (Fsp3) is 0.167. The van der Waals surface area contributed by atoms with Crippen molar-refractivity contribution in [2.45, 2.75) is 6.54 Å². The van der Waals surface area contributed by atoms with Gasteiger partial charge in [0.05, 0.1) is 6.54 Å². The molecule has 6 heteroatoms. The van der Waals surface area contributed by atoms with Gasteiger partial charge in [0.15, 0.2) is 10.9 Å². The van der Waals surface area contributed by atoms with E-state index in [2.05, 4.69) is 15.7 Å². The van der Waals surface area contributed by atoms with Crippen LogP contribution in [0.4, 0.5) is 10.2 Å². The maximum absolute atomic E-state index is 13.0. The van der Waals surface area contributed by atoms with Crippen LogP contribution in [-0.2, 0) is 6.54 Å². The second-order valence-electron chi connectivity index (χ2n) is 3.73. The van der Waals surface area contributed by atoms with Crippen LogP contribution in [0.15, 0.2) is 36.5 Å².